The molecule has 3 aromatic rings. The molecule has 0 bridgehead atoms. The van der Waals surface area contributed by atoms with E-state index in [0.29, 0.717) is 15.6 Å². The predicted molar refractivity (Wildman–Crippen MR) is 169 cm³/mol. The van der Waals surface area contributed by atoms with Crippen molar-refractivity contribution in [1.82, 2.24) is 10.2 Å². The van der Waals surface area contributed by atoms with Gasteiger partial charge < -0.3 is 10.2 Å². The molecule has 1 saturated carbocycles. The van der Waals surface area contributed by atoms with Crippen LogP contribution in [0.4, 0.5) is 5.69 Å². The van der Waals surface area contributed by atoms with Gasteiger partial charge in [-0.1, -0.05) is 89.1 Å². The molecule has 0 unspecified atom stereocenters. The molecule has 1 atom stereocenters. The van der Waals surface area contributed by atoms with Crippen LogP contribution in [-0.4, -0.2) is 43.8 Å². The molecule has 1 N–H and O–H groups in total. The summed E-state index contributed by atoms with van der Waals surface area (Å²) in [7, 11) is -4.30. The van der Waals surface area contributed by atoms with Crippen LogP contribution in [0.25, 0.3) is 0 Å². The molecule has 224 valence electrons. The summed E-state index contributed by atoms with van der Waals surface area (Å²) in [6.45, 7) is 2.64. The first-order valence-electron chi connectivity index (χ1n) is 13.5. The Hall–Kier alpha value is -2.49. The van der Waals surface area contributed by atoms with Crippen molar-refractivity contribution in [2.45, 2.75) is 63.1 Å². The Labute approximate surface area is 266 Å². The Morgan fingerprint density at radius 3 is 2.10 bits per heavy atom. The predicted octanol–water partition coefficient (Wildman–Crippen LogP) is 7.28. The van der Waals surface area contributed by atoms with Crippen molar-refractivity contribution in [3.63, 3.8) is 0 Å². The SMILES string of the molecule is Cc1ccc(S(=O)(=O)N(CC(=O)N(Cc2c(Cl)cccc2Cl)[C@H](C)C(=O)NC2CCCC2)c2cccc(Cl)c2Cl)cc1. The zero-order chi connectivity index (χ0) is 30.6. The minimum atomic E-state index is -4.30. The van der Waals surface area contributed by atoms with E-state index in [1.54, 1.807) is 43.3 Å². The largest absolute Gasteiger partial charge is 0.352 e. The lowest BCUT2D eigenvalue weighted by Crippen LogP contribution is -2.52. The van der Waals surface area contributed by atoms with Crippen molar-refractivity contribution in [1.29, 1.82) is 0 Å². The summed E-state index contributed by atoms with van der Waals surface area (Å²) in [4.78, 5) is 28.8. The minimum Gasteiger partial charge on any atom is -0.352 e. The maximum absolute atomic E-state index is 14.1. The van der Waals surface area contributed by atoms with Crippen LogP contribution < -0.4 is 9.62 Å². The van der Waals surface area contributed by atoms with E-state index in [9.17, 15) is 18.0 Å². The molecule has 0 saturated heterocycles. The van der Waals surface area contributed by atoms with Crippen molar-refractivity contribution in [2.75, 3.05) is 10.8 Å². The molecule has 1 aliphatic rings. The molecule has 0 heterocycles. The highest BCUT2D eigenvalue weighted by molar-refractivity contribution is 7.92. The number of hydrogen-bond acceptors (Lipinski definition) is 4. The highest BCUT2D eigenvalue weighted by Gasteiger charge is 2.35. The number of nitrogens with zero attached hydrogens (tertiary/aromatic N) is 2. The van der Waals surface area contributed by atoms with E-state index >= 15 is 0 Å². The first-order chi connectivity index (χ1) is 19.9. The molecule has 2 amide bonds. The van der Waals surface area contributed by atoms with E-state index in [2.05, 4.69) is 5.32 Å². The summed E-state index contributed by atoms with van der Waals surface area (Å²) in [5.41, 5.74) is 1.32. The van der Waals surface area contributed by atoms with Gasteiger partial charge in [0.2, 0.25) is 11.8 Å². The molecule has 0 spiro atoms. The number of rotatable bonds is 10. The maximum Gasteiger partial charge on any atom is 0.264 e. The summed E-state index contributed by atoms with van der Waals surface area (Å²) in [6.07, 6.45) is 3.75. The first-order valence-corrected chi connectivity index (χ1v) is 16.4. The lowest BCUT2D eigenvalue weighted by Gasteiger charge is -2.33. The van der Waals surface area contributed by atoms with E-state index in [1.807, 2.05) is 6.92 Å². The number of carbonyl (C=O) groups excluding carboxylic acids is 2. The number of carbonyl (C=O) groups is 2. The topological polar surface area (TPSA) is 86.8 Å². The van der Waals surface area contributed by atoms with Gasteiger partial charge in [-0.05, 0) is 63.1 Å². The summed E-state index contributed by atoms with van der Waals surface area (Å²) in [5, 5.41) is 3.73. The van der Waals surface area contributed by atoms with E-state index in [1.165, 1.54) is 29.2 Å². The highest BCUT2D eigenvalue weighted by Crippen LogP contribution is 2.36. The van der Waals surface area contributed by atoms with Crippen LogP contribution >= 0.6 is 46.4 Å². The average Bonchev–Trinajstić information content (AvgIpc) is 3.46. The second kappa shape index (κ2) is 13.9. The Bertz CT molecular complexity index is 1540. The molecule has 12 heteroatoms. The lowest BCUT2D eigenvalue weighted by atomic mass is 10.1. The molecule has 0 aliphatic heterocycles. The highest BCUT2D eigenvalue weighted by atomic mass is 35.5. The van der Waals surface area contributed by atoms with E-state index in [4.69, 9.17) is 46.4 Å². The van der Waals surface area contributed by atoms with Crippen LogP contribution in [0.2, 0.25) is 20.1 Å². The number of halogens is 4. The number of benzene rings is 3. The fourth-order valence-electron chi connectivity index (χ4n) is 4.86. The third-order valence-electron chi connectivity index (χ3n) is 7.35. The Balaban J connectivity index is 1.75. The van der Waals surface area contributed by atoms with Gasteiger partial charge in [0.25, 0.3) is 10.0 Å². The van der Waals surface area contributed by atoms with Crippen LogP contribution in [-0.2, 0) is 26.2 Å². The number of amides is 2. The molecule has 1 fully saturated rings. The van der Waals surface area contributed by atoms with Gasteiger partial charge in [-0.15, -0.1) is 0 Å². The fourth-order valence-corrected chi connectivity index (χ4v) is 7.25. The molecule has 0 aromatic heterocycles. The molecular formula is C30H31Cl4N3O4S. The van der Waals surface area contributed by atoms with Crippen LogP contribution in [0.3, 0.4) is 0 Å². The zero-order valence-corrected chi connectivity index (χ0v) is 27.0. The second-order valence-corrected chi connectivity index (χ2v) is 13.7. The fraction of sp³-hybridized carbons (Fsp3) is 0.333. The lowest BCUT2D eigenvalue weighted by molar-refractivity contribution is -0.139. The zero-order valence-electron chi connectivity index (χ0n) is 23.1. The van der Waals surface area contributed by atoms with Crippen LogP contribution in [0.1, 0.15) is 43.7 Å². The van der Waals surface area contributed by atoms with Gasteiger partial charge in [0.15, 0.2) is 0 Å². The Kier molecular flexibility index (Phi) is 10.7. The summed E-state index contributed by atoms with van der Waals surface area (Å²) < 4.78 is 28.9. The van der Waals surface area contributed by atoms with Crippen LogP contribution in [0, 0.1) is 6.92 Å². The van der Waals surface area contributed by atoms with Gasteiger partial charge in [0.05, 0.1) is 20.6 Å². The van der Waals surface area contributed by atoms with Crippen LogP contribution in [0.15, 0.2) is 65.6 Å². The normalized spacial score (nSPS) is 14.4. The van der Waals surface area contributed by atoms with Gasteiger partial charge in [-0.2, -0.15) is 0 Å². The number of sulfonamides is 1. The second-order valence-electron chi connectivity index (χ2n) is 10.3. The van der Waals surface area contributed by atoms with Crippen molar-refractivity contribution in [3.8, 4) is 0 Å². The smallest absolute Gasteiger partial charge is 0.264 e. The summed E-state index contributed by atoms with van der Waals surface area (Å²) in [5.74, 6) is -1.01. The van der Waals surface area contributed by atoms with E-state index in [0.717, 1.165) is 35.6 Å². The number of anilines is 1. The van der Waals surface area contributed by atoms with Crippen molar-refractivity contribution in [2.24, 2.45) is 0 Å². The van der Waals surface area contributed by atoms with Crippen molar-refractivity contribution >= 4 is 73.9 Å². The Morgan fingerprint density at radius 2 is 1.48 bits per heavy atom. The number of aryl methyl sites for hydroxylation is 1. The quantitative estimate of drug-likeness (QED) is 0.246. The Morgan fingerprint density at radius 1 is 0.905 bits per heavy atom. The minimum absolute atomic E-state index is 0.0180. The third kappa shape index (κ3) is 7.34. The van der Waals surface area contributed by atoms with E-state index < -0.39 is 28.5 Å². The summed E-state index contributed by atoms with van der Waals surface area (Å²) >= 11 is 25.6. The number of hydrogen-bond donors (Lipinski definition) is 1. The average molecular weight is 671 g/mol. The van der Waals surface area contributed by atoms with Gasteiger partial charge in [-0.3, -0.25) is 13.9 Å². The molecular weight excluding hydrogens is 640 g/mol. The van der Waals surface area contributed by atoms with Gasteiger partial charge in [0, 0.05) is 28.2 Å². The standard InChI is InChI=1S/C30H31Cl4N3O4S/c1-19-13-15-22(16-14-19)42(40,41)37(27-12-6-11-26(33)29(27)34)18-28(38)36(17-23-24(31)9-5-10-25(23)32)20(2)30(39)35-21-7-3-4-8-21/h5-6,9-16,20-21H,3-4,7-8,17-18H2,1-2H3,(H,35,39)/t20-/m1/s1. The molecule has 0 radical (unpaired) electrons. The van der Waals surface area contributed by atoms with Crippen LogP contribution in [0.5, 0.6) is 0 Å². The van der Waals surface area contributed by atoms with Gasteiger partial charge in [-0.25, -0.2) is 8.42 Å². The molecule has 4 rings (SSSR count). The molecule has 1 aliphatic carbocycles. The van der Waals surface area contributed by atoms with E-state index in [-0.39, 0.29) is 39.1 Å². The van der Waals surface area contributed by atoms with Gasteiger partial charge >= 0.3 is 0 Å². The summed E-state index contributed by atoms with van der Waals surface area (Å²) in [6, 6.07) is 14.8. The monoisotopic (exact) mass is 669 g/mol. The van der Waals surface area contributed by atoms with Crippen molar-refractivity contribution in [3.05, 3.63) is 91.9 Å². The van der Waals surface area contributed by atoms with Gasteiger partial charge in [0.1, 0.15) is 12.6 Å². The van der Waals surface area contributed by atoms with Crippen molar-refractivity contribution < 1.29 is 18.0 Å². The molecule has 3 aromatic carbocycles. The molecule has 7 nitrogen and oxygen atoms in total. The first kappa shape index (κ1) is 32.4. The third-order valence-corrected chi connectivity index (χ3v) is 10.6. The number of nitrogens with one attached hydrogen (secondary N) is 1. The molecule has 42 heavy (non-hydrogen) atoms. The maximum atomic E-state index is 14.1.